The van der Waals surface area contributed by atoms with Crippen LogP contribution in [0.1, 0.15) is 0 Å². The van der Waals surface area contributed by atoms with Crippen molar-refractivity contribution >= 4 is 0 Å². The highest BCUT2D eigenvalue weighted by atomic mass is 16.5. The molecular weight excluding hydrogens is 228 g/mol. The lowest BCUT2D eigenvalue weighted by atomic mass is 10.2. The van der Waals surface area contributed by atoms with E-state index in [1.54, 1.807) is 24.8 Å². The summed E-state index contributed by atoms with van der Waals surface area (Å²) in [5, 5.41) is 6.78. The van der Waals surface area contributed by atoms with Gasteiger partial charge in [0.1, 0.15) is 5.75 Å². The summed E-state index contributed by atoms with van der Waals surface area (Å²) in [6.45, 7) is 0. The Bertz CT molecular complexity index is 605. The topological polar surface area (TPSA) is 63.7 Å². The van der Waals surface area contributed by atoms with Crippen molar-refractivity contribution in [1.82, 2.24) is 20.2 Å². The molecule has 18 heavy (non-hydrogen) atoms. The van der Waals surface area contributed by atoms with E-state index in [4.69, 9.17) is 4.74 Å². The predicted molar refractivity (Wildman–Crippen MR) is 66.1 cm³/mol. The summed E-state index contributed by atoms with van der Waals surface area (Å²) >= 11 is 0. The first-order valence-corrected chi connectivity index (χ1v) is 5.45. The molecule has 88 valence electrons. The fraction of sp³-hybridized carbons (Fsp3) is 0. The zero-order valence-electron chi connectivity index (χ0n) is 9.45. The molecule has 0 radical (unpaired) electrons. The van der Waals surface area contributed by atoms with Crippen molar-refractivity contribution in [3.63, 3.8) is 0 Å². The van der Waals surface area contributed by atoms with Crippen LogP contribution < -0.4 is 4.74 Å². The highest BCUT2D eigenvalue weighted by Gasteiger charge is 2.01. The van der Waals surface area contributed by atoms with Gasteiger partial charge < -0.3 is 4.74 Å². The van der Waals surface area contributed by atoms with Crippen molar-refractivity contribution in [2.24, 2.45) is 0 Å². The van der Waals surface area contributed by atoms with E-state index < -0.39 is 0 Å². The average molecular weight is 238 g/mol. The first-order valence-electron chi connectivity index (χ1n) is 5.45. The maximum absolute atomic E-state index is 5.55. The molecule has 0 aliphatic rings. The van der Waals surface area contributed by atoms with Gasteiger partial charge in [-0.25, -0.2) is 4.98 Å². The van der Waals surface area contributed by atoms with E-state index in [0.29, 0.717) is 11.6 Å². The number of ether oxygens (including phenoxy) is 1. The smallest absolute Gasteiger partial charge is 0.219 e. The van der Waals surface area contributed by atoms with Gasteiger partial charge in [0.2, 0.25) is 5.88 Å². The Labute approximate surface area is 103 Å². The molecule has 0 saturated carbocycles. The Morgan fingerprint density at radius 3 is 2.67 bits per heavy atom. The zero-order valence-corrected chi connectivity index (χ0v) is 9.45. The van der Waals surface area contributed by atoms with Crippen LogP contribution in [0.15, 0.2) is 55.1 Å². The number of pyridine rings is 2. The highest BCUT2D eigenvalue weighted by molar-refractivity contribution is 5.57. The number of rotatable bonds is 3. The molecule has 3 aromatic rings. The third kappa shape index (κ3) is 2.20. The third-order valence-electron chi connectivity index (χ3n) is 2.40. The summed E-state index contributed by atoms with van der Waals surface area (Å²) in [7, 11) is 0. The van der Waals surface area contributed by atoms with Crippen molar-refractivity contribution in [2.45, 2.75) is 0 Å². The predicted octanol–water partition coefficient (Wildman–Crippen LogP) is 2.66. The number of hydrogen-bond acceptors (Lipinski definition) is 4. The van der Waals surface area contributed by atoms with Crippen LogP contribution in [0.4, 0.5) is 0 Å². The molecule has 0 bridgehead atoms. The molecule has 5 nitrogen and oxygen atoms in total. The Kier molecular flexibility index (Phi) is 2.71. The molecule has 0 aliphatic carbocycles. The van der Waals surface area contributed by atoms with Crippen LogP contribution in [0.3, 0.4) is 0 Å². The van der Waals surface area contributed by atoms with E-state index in [1.807, 2.05) is 30.3 Å². The van der Waals surface area contributed by atoms with Crippen LogP contribution in [-0.2, 0) is 0 Å². The molecule has 0 saturated heterocycles. The summed E-state index contributed by atoms with van der Waals surface area (Å²) in [4.78, 5) is 8.21. The summed E-state index contributed by atoms with van der Waals surface area (Å²) in [6, 6.07) is 9.26. The molecule has 3 rings (SSSR count). The van der Waals surface area contributed by atoms with E-state index in [0.717, 1.165) is 11.3 Å². The van der Waals surface area contributed by atoms with Crippen LogP contribution in [0.25, 0.3) is 11.3 Å². The zero-order chi connectivity index (χ0) is 12.2. The van der Waals surface area contributed by atoms with Crippen molar-refractivity contribution in [1.29, 1.82) is 0 Å². The lowest BCUT2D eigenvalue weighted by Crippen LogP contribution is -1.88. The third-order valence-corrected chi connectivity index (χ3v) is 2.40. The molecule has 1 N–H and O–H groups in total. The number of nitrogens with zero attached hydrogens (tertiary/aromatic N) is 3. The maximum Gasteiger partial charge on any atom is 0.219 e. The summed E-state index contributed by atoms with van der Waals surface area (Å²) in [5.74, 6) is 1.20. The minimum absolute atomic E-state index is 0.534. The quantitative estimate of drug-likeness (QED) is 0.761. The molecular formula is C13H10N4O. The van der Waals surface area contributed by atoms with Crippen LogP contribution in [0.5, 0.6) is 11.6 Å². The Balaban J connectivity index is 1.80. The van der Waals surface area contributed by atoms with Crippen LogP contribution in [0, 0.1) is 0 Å². The molecule has 0 aliphatic heterocycles. The largest absolute Gasteiger partial charge is 0.437 e. The van der Waals surface area contributed by atoms with Crippen molar-refractivity contribution in [2.75, 3.05) is 0 Å². The Morgan fingerprint density at radius 2 is 2.00 bits per heavy atom. The molecule has 0 unspecified atom stereocenters. The average Bonchev–Trinajstić information content (AvgIpc) is 2.95. The van der Waals surface area contributed by atoms with Crippen molar-refractivity contribution in [3.8, 4) is 22.9 Å². The monoisotopic (exact) mass is 238 g/mol. The van der Waals surface area contributed by atoms with Gasteiger partial charge in [-0.3, -0.25) is 10.1 Å². The fourth-order valence-electron chi connectivity index (χ4n) is 1.54. The lowest BCUT2D eigenvalue weighted by Gasteiger charge is -2.04. The van der Waals surface area contributed by atoms with Gasteiger partial charge in [-0.15, -0.1) is 0 Å². The van der Waals surface area contributed by atoms with Gasteiger partial charge in [-0.05, 0) is 24.3 Å². The number of hydrogen-bond donors (Lipinski definition) is 1. The van der Waals surface area contributed by atoms with Crippen LogP contribution in [0.2, 0.25) is 0 Å². The highest BCUT2D eigenvalue weighted by Crippen LogP contribution is 2.21. The maximum atomic E-state index is 5.55. The summed E-state index contributed by atoms with van der Waals surface area (Å²) < 4.78 is 5.55. The Morgan fingerprint density at radius 1 is 1.00 bits per heavy atom. The number of aromatic amines is 1. The second kappa shape index (κ2) is 4.67. The van der Waals surface area contributed by atoms with Crippen molar-refractivity contribution < 1.29 is 4.74 Å². The van der Waals surface area contributed by atoms with Crippen molar-refractivity contribution in [3.05, 3.63) is 55.1 Å². The first-order chi connectivity index (χ1) is 8.92. The first kappa shape index (κ1) is 10.5. The van der Waals surface area contributed by atoms with Gasteiger partial charge in [0.15, 0.2) is 0 Å². The van der Waals surface area contributed by atoms with Crippen LogP contribution >= 0.6 is 0 Å². The van der Waals surface area contributed by atoms with E-state index in [2.05, 4.69) is 20.2 Å². The van der Waals surface area contributed by atoms with Gasteiger partial charge >= 0.3 is 0 Å². The lowest BCUT2D eigenvalue weighted by molar-refractivity contribution is 0.461. The minimum Gasteiger partial charge on any atom is -0.437 e. The number of aromatic nitrogens is 4. The SMILES string of the molecule is c1cncc(Oc2ccc(-c3ccn[nH]3)cn2)c1. The minimum atomic E-state index is 0.534. The molecule has 0 fully saturated rings. The standard InChI is InChI=1S/C13H10N4O/c1-2-11(9-14-6-1)18-13-4-3-10(8-15-13)12-5-7-16-17-12/h1-9H,(H,16,17). The molecule has 0 atom stereocenters. The molecule has 5 heteroatoms. The van der Waals surface area contributed by atoms with E-state index in [9.17, 15) is 0 Å². The number of H-pyrrole nitrogens is 1. The van der Waals surface area contributed by atoms with Gasteiger partial charge in [0, 0.05) is 30.2 Å². The second-order valence-corrected chi connectivity index (χ2v) is 3.65. The molecule has 0 spiro atoms. The van der Waals surface area contributed by atoms with Crippen LogP contribution in [-0.4, -0.2) is 20.2 Å². The molecule has 0 aromatic carbocycles. The normalized spacial score (nSPS) is 10.2. The van der Waals surface area contributed by atoms with Gasteiger partial charge in [0.25, 0.3) is 0 Å². The molecule has 3 heterocycles. The van der Waals surface area contributed by atoms with E-state index in [-0.39, 0.29) is 0 Å². The number of nitrogens with one attached hydrogen (secondary N) is 1. The van der Waals surface area contributed by atoms with Gasteiger partial charge in [-0.2, -0.15) is 5.10 Å². The van der Waals surface area contributed by atoms with Gasteiger partial charge in [-0.1, -0.05) is 0 Å². The molecule has 0 amide bonds. The Hall–Kier alpha value is -2.69. The molecule has 3 aromatic heterocycles. The second-order valence-electron chi connectivity index (χ2n) is 3.65. The van der Waals surface area contributed by atoms with Gasteiger partial charge in [0.05, 0.1) is 11.9 Å². The summed E-state index contributed by atoms with van der Waals surface area (Å²) in [5.41, 5.74) is 1.89. The summed E-state index contributed by atoms with van der Waals surface area (Å²) in [6.07, 6.45) is 6.78. The van der Waals surface area contributed by atoms with E-state index in [1.165, 1.54) is 0 Å². The fourth-order valence-corrected chi connectivity index (χ4v) is 1.54. The van der Waals surface area contributed by atoms with E-state index >= 15 is 0 Å².